The fourth-order valence-corrected chi connectivity index (χ4v) is 3.83. The molecule has 0 atom stereocenters. The average molecular weight is 290 g/mol. The number of methoxy groups -OCH3 is 1. The van der Waals surface area contributed by atoms with Gasteiger partial charge < -0.3 is 9.72 Å². The number of nitrogens with one attached hydrogen (secondary N) is 1. The molecule has 1 aromatic heterocycles. The molecule has 4 heteroatoms. The molecule has 2 aliphatic rings. The van der Waals surface area contributed by atoms with E-state index in [0.29, 0.717) is 0 Å². The molecule has 1 N–H and O–H groups in total. The number of aromatic nitrogens is 2. The quantitative estimate of drug-likeness (QED) is 0.672. The summed E-state index contributed by atoms with van der Waals surface area (Å²) in [5.41, 5.74) is 1.62. The van der Waals surface area contributed by atoms with Crippen LogP contribution in [-0.2, 0) is 23.2 Å². The van der Waals surface area contributed by atoms with E-state index in [1.807, 2.05) is 0 Å². The van der Waals surface area contributed by atoms with E-state index >= 15 is 0 Å². The van der Waals surface area contributed by atoms with Crippen LogP contribution in [0.25, 0.3) is 0 Å². The highest BCUT2D eigenvalue weighted by molar-refractivity contribution is 5.21. The van der Waals surface area contributed by atoms with Gasteiger partial charge in [-0.15, -0.1) is 0 Å². The molecule has 4 nitrogen and oxygen atoms in total. The van der Waals surface area contributed by atoms with Crippen molar-refractivity contribution in [3.8, 4) is 0 Å². The lowest BCUT2D eigenvalue weighted by Gasteiger charge is -2.30. The van der Waals surface area contributed by atoms with Gasteiger partial charge in [0.05, 0.1) is 5.69 Å². The molecule has 1 fully saturated rings. The van der Waals surface area contributed by atoms with Gasteiger partial charge in [0.25, 0.3) is 5.56 Å². The van der Waals surface area contributed by atoms with Crippen LogP contribution >= 0.6 is 0 Å². The highest BCUT2D eigenvalue weighted by atomic mass is 16.5. The Labute approximate surface area is 126 Å². The Morgan fingerprint density at radius 2 is 1.67 bits per heavy atom. The second-order valence-corrected chi connectivity index (χ2v) is 6.51. The Hall–Kier alpha value is -1.16. The van der Waals surface area contributed by atoms with Crippen molar-refractivity contribution in [1.29, 1.82) is 0 Å². The second kappa shape index (κ2) is 6.30. The third-order valence-corrected chi connectivity index (χ3v) is 5.18. The van der Waals surface area contributed by atoms with E-state index in [0.717, 1.165) is 68.4 Å². The average Bonchev–Trinajstić information content (AvgIpc) is 2.88. The first-order chi connectivity index (χ1) is 10.2. The first-order valence-electron chi connectivity index (χ1n) is 8.43. The van der Waals surface area contributed by atoms with Crippen LogP contribution in [0.1, 0.15) is 74.9 Å². The molecule has 1 aromatic rings. The Balaban J connectivity index is 2.02. The number of aryl methyl sites for hydroxylation is 1. The SMILES string of the molecule is COC1(c2nc3c(c(=O)[nH]2)CCCCC3)CCCCCC1. The van der Waals surface area contributed by atoms with Crippen LogP contribution in [0.2, 0.25) is 0 Å². The van der Waals surface area contributed by atoms with Gasteiger partial charge in [-0.05, 0) is 38.5 Å². The van der Waals surface area contributed by atoms with Crippen molar-refractivity contribution in [2.24, 2.45) is 0 Å². The molecule has 0 bridgehead atoms. The van der Waals surface area contributed by atoms with Crippen molar-refractivity contribution in [3.63, 3.8) is 0 Å². The zero-order chi connectivity index (χ0) is 14.7. The molecule has 2 aliphatic carbocycles. The third kappa shape index (κ3) is 2.91. The number of H-pyrrole nitrogens is 1. The van der Waals surface area contributed by atoms with Crippen LogP contribution in [-0.4, -0.2) is 17.1 Å². The van der Waals surface area contributed by atoms with E-state index in [9.17, 15) is 4.79 Å². The van der Waals surface area contributed by atoms with Crippen LogP contribution < -0.4 is 5.56 Å². The topological polar surface area (TPSA) is 55.0 Å². The van der Waals surface area contributed by atoms with Crippen molar-refractivity contribution in [3.05, 3.63) is 27.4 Å². The van der Waals surface area contributed by atoms with Crippen molar-refractivity contribution in [2.75, 3.05) is 7.11 Å². The van der Waals surface area contributed by atoms with E-state index in [-0.39, 0.29) is 11.2 Å². The summed E-state index contributed by atoms with van der Waals surface area (Å²) in [5, 5.41) is 0. The van der Waals surface area contributed by atoms with E-state index < -0.39 is 0 Å². The molecule has 0 saturated heterocycles. The number of nitrogens with zero attached hydrogens (tertiary/aromatic N) is 1. The Kier molecular flexibility index (Phi) is 4.43. The lowest BCUT2D eigenvalue weighted by Crippen LogP contribution is -2.34. The minimum atomic E-state index is -0.378. The maximum atomic E-state index is 12.5. The lowest BCUT2D eigenvalue weighted by atomic mass is 9.92. The van der Waals surface area contributed by atoms with Gasteiger partial charge in [-0.1, -0.05) is 32.1 Å². The summed E-state index contributed by atoms with van der Waals surface area (Å²) < 4.78 is 5.89. The van der Waals surface area contributed by atoms with E-state index in [1.54, 1.807) is 7.11 Å². The summed E-state index contributed by atoms with van der Waals surface area (Å²) in [4.78, 5) is 20.4. The smallest absolute Gasteiger partial charge is 0.254 e. The van der Waals surface area contributed by atoms with Gasteiger partial charge in [0.15, 0.2) is 0 Å². The largest absolute Gasteiger partial charge is 0.370 e. The standard InChI is InChI=1S/C17H26N2O2/c1-21-17(11-7-2-3-8-12-17)16-18-14-10-6-4-5-9-13(14)15(20)19-16/h2-12H2,1H3,(H,18,19,20). The zero-order valence-corrected chi connectivity index (χ0v) is 13.0. The normalized spacial score (nSPS) is 22.1. The summed E-state index contributed by atoms with van der Waals surface area (Å²) in [7, 11) is 1.76. The van der Waals surface area contributed by atoms with Gasteiger partial charge >= 0.3 is 0 Å². The molecule has 116 valence electrons. The molecule has 0 aliphatic heterocycles. The highest BCUT2D eigenvalue weighted by Gasteiger charge is 2.36. The highest BCUT2D eigenvalue weighted by Crippen LogP contribution is 2.37. The van der Waals surface area contributed by atoms with Gasteiger partial charge in [0.1, 0.15) is 11.4 Å². The molecule has 1 saturated carbocycles. The number of hydrogen-bond acceptors (Lipinski definition) is 3. The summed E-state index contributed by atoms with van der Waals surface area (Å²) in [5.74, 6) is 0.776. The van der Waals surface area contributed by atoms with Crippen molar-refractivity contribution in [1.82, 2.24) is 9.97 Å². The van der Waals surface area contributed by atoms with E-state index in [2.05, 4.69) is 4.98 Å². The fraction of sp³-hybridized carbons (Fsp3) is 0.765. The van der Waals surface area contributed by atoms with Crippen LogP contribution in [0.15, 0.2) is 4.79 Å². The summed E-state index contributed by atoms with van der Waals surface area (Å²) in [6.45, 7) is 0. The molecule has 21 heavy (non-hydrogen) atoms. The van der Waals surface area contributed by atoms with Gasteiger partial charge in [0.2, 0.25) is 0 Å². The first-order valence-corrected chi connectivity index (χ1v) is 8.43. The van der Waals surface area contributed by atoms with Crippen molar-refractivity contribution < 1.29 is 4.74 Å². The minimum Gasteiger partial charge on any atom is -0.370 e. The monoisotopic (exact) mass is 290 g/mol. The number of aromatic amines is 1. The van der Waals surface area contributed by atoms with Gasteiger partial charge in [-0.2, -0.15) is 0 Å². The molecule has 1 heterocycles. The van der Waals surface area contributed by atoms with Crippen LogP contribution in [0.5, 0.6) is 0 Å². The fourth-order valence-electron chi connectivity index (χ4n) is 3.83. The molecule has 0 unspecified atom stereocenters. The second-order valence-electron chi connectivity index (χ2n) is 6.51. The van der Waals surface area contributed by atoms with Gasteiger partial charge in [-0.25, -0.2) is 4.98 Å². The molecular formula is C17H26N2O2. The number of hydrogen-bond donors (Lipinski definition) is 1. The molecule has 0 aromatic carbocycles. The Bertz CT molecular complexity index is 542. The molecule has 3 rings (SSSR count). The lowest BCUT2D eigenvalue weighted by molar-refractivity contribution is -0.0355. The Morgan fingerprint density at radius 1 is 1.00 bits per heavy atom. The summed E-state index contributed by atoms with van der Waals surface area (Å²) >= 11 is 0. The summed E-state index contributed by atoms with van der Waals surface area (Å²) in [6.07, 6.45) is 12.0. The molecule has 0 radical (unpaired) electrons. The van der Waals surface area contributed by atoms with Gasteiger partial charge in [0, 0.05) is 12.7 Å². The molecule has 0 amide bonds. The molecule has 0 spiro atoms. The van der Waals surface area contributed by atoms with Crippen molar-refractivity contribution >= 4 is 0 Å². The predicted molar refractivity (Wildman–Crippen MR) is 82.5 cm³/mol. The number of rotatable bonds is 2. The van der Waals surface area contributed by atoms with Gasteiger partial charge in [-0.3, -0.25) is 4.79 Å². The Morgan fingerprint density at radius 3 is 2.38 bits per heavy atom. The first kappa shape index (κ1) is 14.8. The third-order valence-electron chi connectivity index (χ3n) is 5.18. The van der Waals surface area contributed by atoms with Crippen LogP contribution in [0, 0.1) is 0 Å². The van der Waals surface area contributed by atoms with Crippen molar-refractivity contribution in [2.45, 2.75) is 76.2 Å². The van der Waals surface area contributed by atoms with Crippen LogP contribution in [0.3, 0.4) is 0 Å². The van der Waals surface area contributed by atoms with Crippen LogP contribution in [0.4, 0.5) is 0 Å². The van der Waals surface area contributed by atoms with E-state index in [4.69, 9.17) is 9.72 Å². The molecular weight excluding hydrogens is 264 g/mol. The summed E-state index contributed by atoms with van der Waals surface area (Å²) in [6, 6.07) is 0. The predicted octanol–water partition coefficient (Wildman–Crippen LogP) is 3.23. The maximum Gasteiger partial charge on any atom is 0.254 e. The number of ether oxygens (including phenoxy) is 1. The van der Waals surface area contributed by atoms with E-state index in [1.165, 1.54) is 19.3 Å². The zero-order valence-electron chi connectivity index (χ0n) is 13.0. The minimum absolute atomic E-state index is 0.0672. The number of fused-ring (bicyclic) bond motifs is 1. The maximum absolute atomic E-state index is 12.5.